The van der Waals surface area contributed by atoms with Crippen LogP contribution in [0.5, 0.6) is 5.75 Å². The molecule has 0 fully saturated rings. The molecule has 0 amide bonds. The average molecular weight is 179 g/mol. The molecule has 0 spiro atoms. The van der Waals surface area contributed by atoms with E-state index in [4.69, 9.17) is 9.84 Å². The van der Waals surface area contributed by atoms with E-state index >= 15 is 0 Å². The summed E-state index contributed by atoms with van der Waals surface area (Å²) in [6, 6.07) is 6.03. The average Bonchev–Trinajstić information content (AvgIpc) is 2.62. The molecule has 0 saturated carbocycles. The zero-order chi connectivity index (χ0) is 9.10. The van der Waals surface area contributed by atoms with Crippen LogP contribution in [0, 0.1) is 0 Å². The molecule has 1 aromatic carbocycles. The normalized spacial score (nSPS) is 14.2. The summed E-state index contributed by atoms with van der Waals surface area (Å²) in [7, 11) is 0. The van der Waals surface area contributed by atoms with Gasteiger partial charge in [0.1, 0.15) is 12.4 Å². The van der Waals surface area contributed by atoms with E-state index in [9.17, 15) is 0 Å². The molecule has 2 N–H and O–H groups in total. The summed E-state index contributed by atoms with van der Waals surface area (Å²) >= 11 is 0. The van der Waals surface area contributed by atoms with Crippen LogP contribution in [0.4, 0.5) is 0 Å². The van der Waals surface area contributed by atoms with Crippen LogP contribution < -0.4 is 10.1 Å². The topological polar surface area (TPSA) is 41.5 Å². The number of benzene rings is 1. The van der Waals surface area contributed by atoms with Gasteiger partial charge in [0.15, 0.2) is 0 Å². The molecule has 70 valence electrons. The molecule has 1 aliphatic heterocycles. The molecule has 3 nitrogen and oxygen atoms in total. The van der Waals surface area contributed by atoms with Crippen LogP contribution in [0.3, 0.4) is 0 Å². The van der Waals surface area contributed by atoms with E-state index in [0.29, 0.717) is 6.61 Å². The minimum Gasteiger partial charge on any atom is -0.491 e. The SMILES string of the molecule is OCCOc1cccc2c1CNC2. The van der Waals surface area contributed by atoms with E-state index in [2.05, 4.69) is 11.4 Å². The Kier molecular flexibility index (Phi) is 2.47. The first kappa shape index (κ1) is 8.53. The molecule has 2 rings (SSSR count). The third-order valence-electron chi connectivity index (χ3n) is 2.20. The molecule has 0 saturated heterocycles. The molecule has 1 aliphatic rings. The quantitative estimate of drug-likeness (QED) is 0.716. The van der Waals surface area contributed by atoms with Crippen molar-refractivity contribution in [3.8, 4) is 5.75 Å². The molecule has 0 radical (unpaired) electrons. The fraction of sp³-hybridized carbons (Fsp3) is 0.400. The van der Waals surface area contributed by atoms with Gasteiger partial charge in [-0.3, -0.25) is 0 Å². The highest BCUT2D eigenvalue weighted by Crippen LogP contribution is 2.25. The van der Waals surface area contributed by atoms with Gasteiger partial charge in [-0.15, -0.1) is 0 Å². The Labute approximate surface area is 77.3 Å². The van der Waals surface area contributed by atoms with Gasteiger partial charge in [0.05, 0.1) is 6.61 Å². The van der Waals surface area contributed by atoms with Crippen LogP contribution in [0.2, 0.25) is 0 Å². The summed E-state index contributed by atoms with van der Waals surface area (Å²) in [5, 5.41) is 11.9. The van der Waals surface area contributed by atoms with Gasteiger partial charge in [-0.2, -0.15) is 0 Å². The van der Waals surface area contributed by atoms with Crippen molar-refractivity contribution in [2.45, 2.75) is 13.1 Å². The van der Waals surface area contributed by atoms with E-state index in [-0.39, 0.29) is 6.61 Å². The second-order valence-corrected chi connectivity index (χ2v) is 3.07. The van der Waals surface area contributed by atoms with Crippen molar-refractivity contribution in [3.63, 3.8) is 0 Å². The Hall–Kier alpha value is -1.06. The Morgan fingerprint density at radius 2 is 2.31 bits per heavy atom. The van der Waals surface area contributed by atoms with Crippen molar-refractivity contribution >= 4 is 0 Å². The lowest BCUT2D eigenvalue weighted by Crippen LogP contribution is -2.04. The number of rotatable bonds is 3. The summed E-state index contributed by atoms with van der Waals surface area (Å²) < 4.78 is 5.41. The van der Waals surface area contributed by atoms with Gasteiger partial charge in [0, 0.05) is 18.7 Å². The third kappa shape index (κ3) is 1.66. The van der Waals surface area contributed by atoms with Crippen molar-refractivity contribution in [1.82, 2.24) is 5.32 Å². The predicted molar refractivity (Wildman–Crippen MR) is 49.6 cm³/mol. The van der Waals surface area contributed by atoms with Crippen molar-refractivity contribution in [2.75, 3.05) is 13.2 Å². The number of hydrogen-bond acceptors (Lipinski definition) is 3. The van der Waals surface area contributed by atoms with Crippen LogP contribution >= 0.6 is 0 Å². The van der Waals surface area contributed by atoms with E-state index < -0.39 is 0 Å². The molecule has 0 bridgehead atoms. The standard InChI is InChI=1S/C10H13NO2/c12-4-5-13-10-3-1-2-8-6-11-7-9(8)10/h1-3,11-12H,4-7H2. The van der Waals surface area contributed by atoms with Crippen LogP contribution in [-0.4, -0.2) is 18.3 Å². The molecule has 13 heavy (non-hydrogen) atoms. The van der Waals surface area contributed by atoms with Crippen LogP contribution in [-0.2, 0) is 13.1 Å². The molecular formula is C10H13NO2. The number of ether oxygens (including phenoxy) is 1. The van der Waals surface area contributed by atoms with Gasteiger partial charge in [0.2, 0.25) is 0 Å². The third-order valence-corrected chi connectivity index (χ3v) is 2.20. The first-order valence-electron chi connectivity index (χ1n) is 4.47. The van der Waals surface area contributed by atoms with E-state index in [1.54, 1.807) is 0 Å². The number of hydrogen-bond donors (Lipinski definition) is 2. The van der Waals surface area contributed by atoms with Crippen molar-refractivity contribution in [3.05, 3.63) is 29.3 Å². The van der Waals surface area contributed by atoms with Gasteiger partial charge < -0.3 is 15.2 Å². The Morgan fingerprint density at radius 3 is 3.15 bits per heavy atom. The van der Waals surface area contributed by atoms with Crippen LogP contribution in [0.1, 0.15) is 11.1 Å². The number of fused-ring (bicyclic) bond motifs is 1. The Balaban J connectivity index is 2.20. The Morgan fingerprint density at radius 1 is 1.38 bits per heavy atom. The van der Waals surface area contributed by atoms with Gasteiger partial charge in [0.25, 0.3) is 0 Å². The molecule has 3 heteroatoms. The van der Waals surface area contributed by atoms with Crippen LogP contribution in [0.15, 0.2) is 18.2 Å². The molecule has 0 atom stereocenters. The summed E-state index contributed by atoms with van der Waals surface area (Å²) in [4.78, 5) is 0. The first-order chi connectivity index (χ1) is 6.42. The number of aliphatic hydroxyl groups excluding tert-OH is 1. The lowest BCUT2D eigenvalue weighted by atomic mass is 10.1. The lowest BCUT2D eigenvalue weighted by Gasteiger charge is -2.08. The Bertz CT molecular complexity index is 299. The fourth-order valence-corrected chi connectivity index (χ4v) is 1.59. The monoisotopic (exact) mass is 179 g/mol. The highest BCUT2D eigenvalue weighted by Gasteiger charge is 2.13. The molecule has 0 unspecified atom stereocenters. The van der Waals surface area contributed by atoms with Gasteiger partial charge >= 0.3 is 0 Å². The smallest absolute Gasteiger partial charge is 0.124 e. The van der Waals surface area contributed by atoms with E-state index in [1.165, 1.54) is 11.1 Å². The second-order valence-electron chi connectivity index (χ2n) is 3.07. The molecule has 1 heterocycles. The zero-order valence-electron chi connectivity index (χ0n) is 7.42. The van der Waals surface area contributed by atoms with Crippen molar-refractivity contribution in [1.29, 1.82) is 0 Å². The number of nitrogens with one attached hydrogen (secondary N) is 1. The van der Waals surface area contributed by atoms with Gasteiger partial charge in [-0.05, 0) is 11.6 Å². The van der Waals surface area contributed by atoms with Gasteiger partial charge in [-0.25, -0.2) is 0 Å². The molecule has 1 aromatic rings. The first-order valence-corrected chi connectivity index (χ1v) is 4.47. The number of aliphatic hydroxyl groups is 1. The van der Waals surface area contributed by atoms with Crippen LogP contribution in [0.25, 0.3) is 0 Å². The second kappa shape index (κ2) is 3.77. The van der Waals surface area contributed by atoms with Gasteiger partial charge in [-0.1, -0.05) is 12.1 Å². The minimum absolute atomic E-state index is 0.0666. The highest BCUT2D eigenvalue weighted by atomic mass is 16.5. The molecule has 0 aromatic heterocycles. The maximum Gasteiger partial charge on any atom is 0.124 e. The largest absolute Gasteiger partial charge is 0.491 e. The minimum atomic E-state index is 0.0666. The zero-order valence-corrected chi connectivity index (χ0v) is 7.42. The molecule has 0 aliphatic carbocycles. The van der Waals surface area contributed by atoms with E-state index in [0.717, 1.165) is 18.8 Å². The summed E-state index contributed by atoms with van der Waals surface area (Å²) in [5.74, 6) is 0.900. The fourth-order valence-electron chi connectivity index (χ4n) is 1.59. The highest BCUT2D eigenvalue weighted by molar-refractivity contribution is 5.42. The maximum absolute atomic E-state index is 8.64. The summed E-state index contributed by atoms with van der Waals surface area (Å²) in [5.41, 5.74) is 2.53. The van der Waals surface area contributed by atoms with E-state index in [1.807, 2.05) is 12.1 Å². The summed E-state index contributed by atoms with van der Waals surface area (Å²) in [6.07, 6.45) is 0. The van der Waals surface area contributed by atoms with Crippen molar-refractivity contribution in [2.24, 2.45) is 0 Å². The predicted octanol–water partition coefficient (Wildman–Crippen LogP) is 0.661. The molecular weight excluding hydrogens is 166 g/mol. The van der Waals surface area contributed by atoms with Crippen molar-refractivity contribution < 1.29 is 9.84 Å². The lowest BCUT2D eigenvalue weighted by molar-refractivity contribution is 0.200. The maximum atomic E-state index is 8.64. The summed E-state index contributed by atoms with van der Waals surface area (Å²) in [6.45, 7) is 2.23.